The third-order valence-corrected chi connectivity index (χ3v) is 1.96. The lowest BCUT2D eigenvalue weighted by atomic mass is 10.1. The number of rotatable bonds is 1. The highest BCUT2D eigenvalue weighted by Gasteiger charge is 2.39. The molecule has 0 spiro atoms. The van der Waals surface area contributed by atoms with E-state index in [9.17, 15) is 0 Å². The Bertz CT molecular complexity index is 197. The molecule has 1 aliphatic rings. The lowest BCUT2D eigenvalue weighted by molar-refractivity contribution is 0.741. The van der Waals surface area contributed by atoms with Gasteiger partial charge in [0, 0.05) is 17.9 Å². The van der Waals surface area contributed by atoms with Gasteiger partial charge < -0.3 is 10.7 Å². The predicted molar refractivity (Wildman–Crippen MR) is 35.9 cm³/mol. The summed E-state index contributed by atoms with van der Waals surface area (Å²) in [5, 5.41) is 0. The molecule has 2 heteroatoms. The summed E-state index contributed by atoms with van der Waals surface area (Å²) >= 11 is 0. The third kappa shape index (κ3) is 0.669. The first kappa shape index (κ1) is 5.06. The largest absolute Gasteiger partial charge is 0.367 e. The van der Waals surface area contributed by atoms with Crippen LogP contribution < -0.4 is 5.73 Å². The van der Waals surface area contributed by atoms with Crippen LogP contribution in [0.25, 0.3) is 0 Å². The molecule has 0 bridgehead atoms. The average molecular weight is 122 g/mol. The van der Waals surface area contributed by atoms with E-state index in [2.05, 4.69) is 4.98 Å². The summed E-state index contributed by atoms with van der Waals surface area (Å²) in [5.74, 6) is 0. The highest BCUT2D eigenvalue weighted by molar-refractivity contribution is 5.26. The molecule has 0 atom stereocenters. The molecule has 1 fully saturated rings. The molecule has 48 valence electrons. The molecular formula is C7H10N2. The van der Waals surface area contributed by atoms with Gasteiger partial charge in [0.05, 0.1) is 0 Å². The van der Waals surface area contributed by atoms with Crippen LogP contribution in [0.3, 0.4) is 0 Å². The SMILES string of the molecule is NC1(c2cc[nH]c2)CC1. The molecule has 3 N–H and O–H groups in total. The second-order valence-corrected chi connectivity index (χ2v) is 2.76. The second kappa shape index (κ2) is 1.39. The molecule has 0 unspecified atom stereocenters. The van der Waals surface area contributed by atoms with Crippen molar-refractivity contribution in [3.8, 4) is 0 Å². The van der Waals surface area contributed by atoms with E-state index < -0.39 is 0 Å². The van der Waals surface area contributed by atoms with Crippen LogP contribution in [0.15, 0.2) is 18.5 Å². The topological polar surface area (TPSA) is 41.8 Å². The summed E-state index contributed by atoms with van der Waals surface area (Å²) in [7, 11) is 0. The van der Waals surface area contributed by atoms with Crippen molar-refractivity contribution < 1.29 is 0 Å². The van der Waals surface area contributed by atoms with E-state index in [1.54, 1.807) is 0 Å². The molecule has 0 aromatic carbocycles. The minimum absolute atomic E-state index is 0.0417. The van der Waals surface area contributed by atoms with Gasteiger partial charge in [-0.25, -0.2) is 0 Å². The zero-order chi connectivity index (χ0) is 6.32. The van der Waals surface area contributed by atoms with E-state index in [0.717, 1.165) is 12.8 Å². The normalized spacial score (nSPS) is 21.9. The van der Waals surface area contributed by atoms with Crippen molar-refractivity contribution in [2.75, 3.05) is 0 Å². The van der Waals surface area contributed by atoms with Gasteiger partial charge in [-0.15, -0.1) is 0 Å². The van der Waals surface area contributed by atoms with E-state index in [1.165, 1.54) is 5.56 Å². The molecule has 1 aromatic rings. The van der Waals surface area contributed by atoms with Crippen molar-refractivity contribution in [3.05, 3.63) is 24.0 Å². The quantitative estimate of drug-likeness (QED) is 0.572. The van der Waals surface area contributed by atoms with E-state index >= 15 is 0 Å². The number of aromatic nitrogens is 1. The van der Waals surface area contributed by atoms with Gasteiger partial charge >= 0.3 is 0 Å². The zero-order valence-corrected chi connectivity index (χ0v) is 5.22. The Labute approximate surface area is 54.1 Å². The van der Waals surface area contributed by atoms with Crippen molar-refractivity contribution in [1.82, 2.24) is 4.98 Å². The Morgan fingerprint density at radius 1 is 1.56 bits per heavy atom. The maximum absolute atomic E-state index is 5.89. The summed E-state index contributed by atoms with van der Waals surface area (Å²) in [4.78, 5) is 3.00. The van der Waals surface area contributed by atoms with Crippen LogP contribution in [-0.2, 0) is 5.54 Å². The van der Waals surface area contributed by atoms with Gasteiger partial charge in [-0.1, -0.05) is 0 Å². The van der Waals surface area contributed by atoms with Crippen molar-refractivity contribution in [1.29, 1.82) is 0 Å². The smallest absolute Gasteiger partial charge is 0.0426 e. The molecule has 1 saturated carbocycles. The van der Waals surface area contributed by atoms with E-state index in [1.807, 2.05) is 18.5 Å². The Morgan fingerprint density at radius 3 is 2.78 bits per heavy atom. The van der Waals surface area contributed by atoms with E-state index in [0.29, 0.717) is 0 Å². The van der Waals surface area contributed by atoms with Crippen LogP contribution in [0.5, 0.6) is 0 Å². The molecule has 1 aliphatic carbocycles. The van der Waals surface area contributed by atoms with Crippen molar-refractivity contribution >= 4 is 0 Å². The molecule has 1 heterocycles. The monoisotopic (exact) mass is 122 g/mol. The molecule has 2 nitrogen and oxygen atoms in total. The first-order valence-electron chi connectivity index (χ1n) is 3.23. The first-order valence-corrected chi connectivity index (χ1v) is 3.23. The van der Waals surface area contributed by atoms with Crippen LogP contribution in [-0.4, -0.2) is 4.98 Å². The maximum Gasteiger partial charge on any atom is 0.0426 e. The Balaban J connectivity index is 2.34. The Kier molecular flexibility index (Phi) is 0.781. The second-order valence-electron chi connectivity index (χ2n) is 2.76. The number of hydrogen-bond donors (Lipinski definition) is 2. The van der Waals surface area contributed by atoms with Gasteiger partial charge in [-0.2, -0.15) is 0 Å². The molecule has 9 heavy (non-hydrogen) atoms. The summed E-state index contributed by atoms with van der Waals surface area (Å²) < 4.78 is 0. The van der Waals surface area contributed by atoms with Crippen molar-refractivity contribution in [2.45, 2.75) is 18.4 Å². The van der Waals surface area contributed by atoms with Crippen LogP contribution in [0, 0.1) is 0 Å². The van der Waals surface area contributed by atoms with Crippen molar-refractivity contribution in [3.63, 3.8) is 0 Å². The fourth-order valence-electron chi connectivity index (χ4n) is 1.06. The summed E-state index contributed by atoms with van der Waals surface area (Å²) in [6.07, 6.45) is 6.19. The first-order chi connectivity index (χ1) is 4.31. The molecule has 0 saturated heterocycles. The van der Waals surface area contributed by atoms with E-state index in [4.69, 9.17) is 5.73 Å². The standard InChI is InChI=1S/C7H10N2/c8-7(2-3-7)6-1-4-9-5-6/h1,4-5,9H,2-3,8H2. The number of hydrogen-bond acceptors (Lipinski definition) is 1. The molecular weight excluding hydrogens is 112 g/mol. The maximum atomic E-state index is 5.89. The van der Waals surface area contributed by atoms with Gasteiger partial charge in [0.25, 0.3) is 0 Å². The number of H-pyrrole nitrogens is 1. The number of nitrogens with two attached hydrogens (primary N) is 1. The molecule has 0 amide bonds. The van der Waals surface area contributed by atoms with E-state index in [-0.39, 0.29) is 5.54 Å². The van der Waals surface area contributed by atoms with Crippen molar-refractivity contribution in [2.24, 2.45) is 5.73 Å². The van der Waals surface area contributed by atoms with Crippen LogP contribution in [0.1, 0.15) is 18.4 Å². The Morgan fingerprint density at radius 2 is 2.33 bits per heavy atom. The molecule has 1 aromatic heterocycles. The predicted octanol–water partition coefficient (Wildman–Crippen LogP) is 0.963. The van der Waals surface area contributed by atoms with Crippen LogP contribution in [0.4, 0.5) is 0 Å². The minimum Gasteiger partial charge on any atom is -0.367 e. The molecule has 0 aliphatic heterocycles. The fraction of sp³-hybridized carbons (Fsp3) is 0.429. The van der Waals surface area contributed by atoms with Gasteiger partial charge in [-0.3, -0.25) is 0 Å². The highest BCUT2D eigenvalue weighted by Crippen LogP contribution is 2.42. The lowest BCUT2D eigenvalue weighted by Crippen LogP contribution is -2.17. The average Bonchev–Trinajstić information content (AvgIpc) is 2.46. The van der Waals surface area contributed by atoms with Crippen LogP contribution in [0.2, 0.25) is 0 Å². The number of aromatic amines is 1. The van der Waals surface area contributed by atoms with Gasteiger partial charge in [0.1, 0.15) is 0 Å². The summed E-state index contributed by atoms with van der Waals surface area (Å²) in [6, 6.07) is 2.05. The van der Waals surface area contributed by atoms with Crippen LogP contribution >= 0.6 is 0 Å². The Hall–Kier alpha value is -0.760. The lowest BCUT2D eigenvalue weighted by Gasteiger charge is -2.02. The summed E-state index contributed by atoms with van der Waals surface area (Å²) in [6.45, 7) is 0. The molecule has 0 radical (unpaired) electrons. The van der Waals surface area contributed by atoms with Gasteiger partial charge in [0.2, 0.25) is 0 Å². The molecule has 2 rings (SSSR count). The van der Waals surface area contributed by atoms with Gasteiger partial charge in [0.15, 0.2) is 0 Å². The minimum atomic E-state index is 0.0417. The van der Waals surface area contributed by atoms with Gasteiger partial charge in [-0.05, 0) is 24.5 Å². The summed E-state index contributed by atoms with van der Waals surface area (Å²) in [5.41, 5.74) is 7.19. The number of nitrogens with one attached hydrogen (secondary N) is 1. The third-order valence-electron chi connectivity index (χ3n) is 1.96. The fourth-order valence-corrected chi connectivity index (χ4v) is 1.06. The zero-order valence-electron chi connectivity index (χ0n) is 5.22. The highest BCUT2D eigenvalue weighted by atomic mass is 14.8.